The van der Waals surface area contributed by atoms with Crippen molar-refractivity contribution in [1.29, 1.82) is 0 Å². The van der Waals surface area contributed by atoms with Gasteiger partial charge in [0.15, 0.2) is 0 Å². The van der Waals surface area contributed by atoms with E-state index in [1.807, 2.05) is 18.2 Å². The van der Waals surface area contributed by atoms with Gasteiger partial charge in [0.05, 0.1) is 4.47 Å². The van der Waals surface area contributed by atoms with Gasteiger partial charge in [0.1, 0.15) is 5.82 Å². The van der Waals surface area contributed by atoms with Gasteiger partial charge >= 0.3 is 6.03 Å². The minimum absolute atomic E-state index is 0.232. The van der Waals surface area contributed by atoms with E-state index in [0.717, 1.165) is 11.1 Å². The van der Waals surface area contributed by atoms with Crippen molar-refractivity contribution in [2.24, 2.45) is 0 Å². The minimum atomic E-state index is -0.498. The number of hydrogen-bond acceptors (Lipinski definition) is 3. The fraction of sp³-hybridized carbons (Fsp3) is 0.0952. The lowest BCUT2D eigenvalue weighted by Crippen LogP contribution is -2.28. The first-order chi connectivity index (χ1) is 14.0. The molecule has 6 nitrogen and oxygen atoms in total. The maximum Gasteiger partial charge on any atom is 0.319 e. The van der Waals surface area contributed by atoms with E-state index >= 15 is 0 Å². The maximum absolute atomic E-state index is 13.6. The number of aromatic nitrogens is 1. The van der Waals surface area contributed by atoms with E-state index in [4.69, 9.17) is 0 Å². The number of nitrogens with one attached hydrogen (secondary N) is 3. The summed E-state index contributed by atoms with van der Waals surface area (Å²) in [7, 11) is 0. The number of benzene rings is 2. The van der Waals surface area contributed by atoms with Gasteiger partial charge in [-0.15, -0.1) is 0 Å². The van der Waals surface area contributed by atoms with Crippen LogP contribution in [0.1, 0.15) is 21.5 Å². The Morgan fingerprint density at radius 3 is 2.45 bits per heavy atom. The van der Waals surface area contributed by atoms with Gasteiger partial charge in [0, 0.05) is 36.7 Å². The third kappa shape index (κ3) is 6.11. The first-order valence-corrected chi connectivity index (χ1v) is 9.56. The van der Waals surface area contributed by atoms with Crippen LogP contribution in [-0.4, -0.2) is 16.9 Å². The normalized spacial score (nSPS) is 10.3. The molecule has 0 saturated carbocycles. The molecule has 0 unspecified atom stereocenters. The zero-order valence-corrected chi connectivity index (χ0v) is 16.9. The zero-order valence-electron chi connectivity index (χ0n) is 15.3. The van der Waals surface area contributed by atoms with E-state index in [1.54, 1.807) is 30.6 Å². The number of carbonyl (C=O) groups excluding carboxylic acids is 2. The average molecular weight is 457 g/mol. The lowest BCUT2D eigenvalue weighted by molar-refractivity contribution is 0.0950. The zero-order chi connectivity index (χ0) is 20.6. The highest BCUT2D eigenvalue weighted by molar-refractivity contribution is 9.10. The fourth-order valence-electron chi connectivity index (χ4n) is 2.54. The summed E-state index contributed by atoms with van der Waals surface area (Å²) in [5.41, 5.74) is 2.56. The average Bonchev–Trinajstić information content (AvgIpc) is 2.73. The number of rotatable bonds is 6. The van der Waals surface area contributed by atoms with Gasteiger partial charge in [-0.2, -0.15) is 0 Å². The third-order valence-corrected chi connectivity index (χ3v) is 4.67. The third-order valence-electron chi connectivity index (χ3n) is 4.02. The SMILES string of the molecule is O=C(NCc1ccncc1)Nc1cccc(CNC(=O)c2ccc(Br)c(F)c2)c1. The van der Waals surface area contributed by atoms with Crippen LogP contribution in [0.2, 0.25) is 0 Å². The van der Waals surface area contributed by atoms with Crippen molar-refractivity contribution in [3.8, 4) is 0 Å². The summed E-state index contributed by atoms with van der Waals surface area (Å²) in [6.07, 6.45) is 3.32. The molecular formula is C21H18BrFN4O2. The molecule has 3 N–H and O–H groups in total. The summed E-state index contributed by atoms with van der Waals surface area (Å²) in [5.74, 6) is -0.883. The second-order valence-electron chi connectivity index (χ2n) is 6.18. The van der Waals surface area contributed by atoms with Gasteiger partial charge in [-0.3, -0.25) is 9.78 Å². The molecule has 1 heterocycles. The van der Waals surface area contributed by atoms with Crippen molar-refractivity contribution in [2.45, 2.75) is 13.1 Å². The molecule has 1 aromatic heterocycles. The van der Waals surface area contributed by atoms with Gasteiger partial charge in [-0.25, -0.2) is 9.18 Å². The molecule has 3 amide bonds. The molecule has 0 saturated heterocycles. The summed E-state index contributed by atoms with van der Waals surface area (Å²) in [4.78, 5) is 28.2. The molecule has 0 spiro atoms. The van der Waals surface area contributed by atoms with Crippen LogP contribution in [0.4, 0.5) is 14.9 Å². The number of carbonyl (C=O) groups is 2. The summed E-state index contributed by atoms with van der Waals surface area (Å²) in [6, 6.07) is 14.6. The minimum Gasteiger partial charge on any atom is -0.348 e. The molecule has 8 heteroatoms. The van der Waals surface area contributed by atoms with Crippen molar-refractivity contribution >= 4 is 33.6 Å². The Morgan fingerprint density at radius 1 is 0.931 bits per heavy atom. The quantitative estimate of drug-likeness (QED) is 0.518. The second kappa shape index (κ2) is 9.79. The number of halogens is 2. The van der Waals surface area contributed by atoms with Crippen LogP contribution in [0, 0.1) is 5.82 Å². The van der Waals surface area contributed by atoms with Crippen molar-refractivity contribution < 1.29 is 14.0 Å². The number of urea groups is 1. The molecule has 0 aliphatic heterocycles. The Hall–Kier alpha value is -3.26. The first kappa shape index (κ1) is 20.5. The Bertz CT molecular complexity index is 1010. The van der Waals surface area contributed by atoms with Gasteiger partial charge in [-0.1, -0.05) is 12.1 Å². The summed E-state index contributed by atoms with van der Waals surface area (Å²) in [6.45, 7) is 0.624. The fourth-order valence-corrected chi connectivity index (χ4v) is 2.79. The standard InChI is InChI=1S/C21H18BrFN4O2/c22-18-5-4-16(11-19(18)23)20(28)25-13-15-2-1-3-17(10-15)27-21(29)26-12-14-6-8-24-9-7-14/h1-11H,12-13H2,(H,25,28)(H2,26,27,29). The Balaban J connectivity index is 1.52. The lowest BCUT2D eigenvalue weighted by Gasteiger charge is -2.10. The molecule has 0 atom stereocenters. The number of amides is 3. The van der Waals surface area contributed by atoms with E-state index in [-0.39, 0.29) is 24.0 Å². The number of anilines is 1. The Kier molecular flexibility index (Phi) is 6.91. The molecule has 0 bridgehead atoms. The Morgan fingerprint density at radius 2 is 1.69 bits per heavy atom. The maximum atomic E-state index is 13.6. The molecule has 0 aliphatic carbocycles. The van der Waals surface area contributed by atoms with Crippen molar-refractivity contribution in [1.82, 2.24) is 15.6 Å². The Labute approximate surface area is 175 Å². The molecule has 3 aromatic rings. The van der Waals surface area contributed by atoms with E-state index in [2.05, 4.69) is 36.9 Å². The summed E-state index contributed by atoms with van der Waals surface area (Å²) in [5, 5.41) is 8.25. The predicted octanol–water partition coefficient (Wildman–Crippen LogP) is 4.23. The summed E-state index contributed by atoms with van der Waals surface area (Å²) < 4.78 is 13.9. The van der Waals surface area contributed by atoms with Crippen LogP contribution in [0.15, 0.2) is 71.5 Å². The first-order valence-electron chi connectivity index (χ1n) is 8.77. The topological polar surface area (TPSA) is 83.1 Å². The summed E-state index contributed by atoms with van der Waals surface area (Å²) >= 11 is 3.06. The van der Waals surface area contributed by atoms with Gasteiger partial charge in [0.2, 0.25) is 0 Å². The van der Waals surface area contributed by atoms with Crippen LogP contribution in [0.25, 0.3) is 0 Å². The number of hydrogen-bond donors (Lipinski definition) is 3. The van der Waals surface area contributed by atoms with Crippen LogP contribution in [0.5, 0.6) is 0 Å². The van der Waals surface area contributed by atoms with Crippen molar-refractivity contribution in [3.63, 3.8) is 0 Å². The number of pyridine rings is 1. The molecule has 29 heavy (non-hydrogen) atoms. The second-order valence-corrected chi connectivity index (χ2v) is 7.03. The predicted molar refractivity (Wildman–Crippen MR) is 112 cm³/mol. The van der Waals surface area contributed by atoms with Gasteiger partial charge in [0.25, 0.3) is 5.91 Å². The van der Waals surface area contributed by atoms with Gasteiger partial charge < -0.3 is 16.0 Å². The van der Waals surface area contributed by atoms with Crippen LogP contribution < -0.4 is 16.0 Å². The highest BCUT2D eigenvalue weighted by Gasteiger charge is 2.09. The lowest BCUT2D eigenvalue weighted by atomic mass is 10.1. The highest BCUT2D eigenvalue weighted by atomic mass is 79.9. The molecule has 148 valence electrons. The van der Waals surface area contributed by atoms with Crippen molar-refractivity contribution in [2.75, 3.05) is 5.32 Å². The van der Waals surface area contributed by atoms with Crippen LogP contribution in [0.3, 0.4) is 0 Å². The van der Waals surface area contributed by atoms with Gasteiger partial charge in [-0.05, 0) is 69.5 Å². The van der Waals surface area contributed by atoms with E-state index in [0.29, 0.717) is 16.7 Å². The molecule has 0 radical (unpaired) electrons. The van der Waals surface area contributed by atoms with E-state index in [1.165, 1.54) is 18.2 Å². The monoisotopic (exact) mass is 456 g/mol. The smallest absolute Gasteiger partial charge is 0.319 e. The molecule has 2 aromatic carbocycles. The highest BCUT2D eigenvalue weighted by Crippen LogP contribution is 2.16. The number of nitrogens with zero attached hydrogens (tertiary/aromatic N) is 1. The molecule has 0 fully saturated rings. The van der Waals surface area contributed by atoms with Crippen LogP contribution in [-0.2, 0) is 13.1 Å². The van der Waals surface area contributed by atoms with E-state index in [9.17, 15) is 14.0 Å². The molecule has 0 aliphatic rings. The van der Waals surface area contributed by atoms with E-state index < -0.39 is 5.82 Å². The largest absolute Gasteiger partial charge is 0.348 e. The van der Waals surface area contributed by atoms with Crippen LogP contribution >= 0.6 is 15.9 Å². The molecular weight excluding hydrogens is 439 g/mol. The van der Waals surface area contributed by atoms with Crippen molar-refractivity contribution in [3.05, 3.63) is 94.0 Å². The molecule has 3 rings (SSSR count).